The van der Waals surface area contributed by atoms with Crippen molar-refractivity contribution >= 4 is 46.4 Å². The van der Waals surface area contributed by atoms with E-state index in [0.717, 1.165) is 11.4 Å². The van der Waals surface area contributed by atoms with Crippen molar-refractivity contribution in [1.82, 2.24) is 14.8 Å². The second-order valence-electron chi connectivity index (χ2n) is 5.91. The summed E-state index contributed by atoms with van der Waals surface area (Å²) >= 11 is 23.6. The number of aromatic nitrogens is 3. The Kier molecular flexibility index (Phi) is 8.51. The Morgan fingerprint density at radius 2 is 1.63 bits per heavy atom. The molecule has 3 rings (SSSR count). The molecule has 10 heteroatoms. The zero-order valence-corrected chi connectivity index (χ0v) is 18.6. The zero-order valence-electron chi connectivity index (χ0n) is 15.6. The Morgan fingerprint density at radius 1 is 0.933 bits per heavy atom. The van der Waals surface area contributed by atoms with Gasteiger partial charge in [-0.05, 0) is 30.3 Å². The summed E-state index contributed by atoms with van der Waals surface area (Å²) in [5, 5.41) is 4.78. The quantitative estimate of drug-likeness (QED) is 0.322. The van der Waals surface area contributed by atoms with Gasteiger partial charge in [0.1, 0.15) is 35.3 Å². The van der Waals surface area contributed by atoms with Gasteiger partial charge in [0.05, 0.1) is 28.9 Å². The van der Waals surface area contributed by atoms with Crippen molar-refractivity contribution in [3.8, 4) is 22.9 Å². The molecule has 0 aliphatic rings. The fraction of sp³-hybridized carbons (Fsp3) is 0.200. The summed E-state index contributed by atoms with van der Waals surface area (Å²) in [6.45, 7) is 1.07. The van der Waals surface area contributed by atoms with E-state index in [0.29, 0.717) is 41.2 Å². The molecule has 0 saturated heterocycles. The van der Waals surface area contributed by atoms with Crippen LogP contribution in [-0.2, 0) is 0 Å². The molecule has 0 spiro atoms. The molecule has 1 aromatic heterocycles. The Hall–Kier alpha value is -2.12. The maximum absolute atomic E-state index is 6.24. The SMILES string of the molecule is ClC(Cl)=CCOc1cc(Cl)c(OCCCOc2ccc(-n3cncn3)cc2)c(Cl)c1. The molecule has 0 radical (unpaired) electrons. The number of halogens is 4. The topological polar surface area (TPSA) is 58.4 Å². The molecule has 0 N–H and O–H groups in total. The minimum atomic E-state index is 0.125. The number of hydrogen-bond donors (Lipinski definition) is 0. The van der Waals surface area contributed by atoms with Crippen molar-refractivity contribution in [2.45, 2.75) is 6.42 Å². The molecule has 3 aromatic rings. The normalized spacial score (nSPS) is 10.5. The molecule has 1 heterocycles. The van der Waals surface area contributed by atoms with Crippen LogP contribution in [-0.4, -0.2) is 34.6 Å². The first-order valence-electron chi connectivity index (χ1n) is 8.86. The molecule has 0 unspecified atom stereocenters. The number of nitrogens with zero attached hydrogens (tertiary/aromatic N) is 3. The Morgan fingerprint density at radius 3 is 2.27 bits per heavy atom. The van der Waals surface area contributed by atoms with Gasteiger partial charge in [-0.3, -0.25) is 0 Å². The van der Waals surface area contributed by atoms with E-state index in [-0.39, 0.29) is 11.1 Å². The van der Waals surface area contributed by atoms with Gasteiger partial charge in [-0.25, -0.2) is 9.67 Å². The summed E-state index contributed by atoms with van der Waals surface area (Å²) in [6.07, 6.45) is 5.28. The fourth-order valence-electron chi connectivity index (χ4n) is 2.42. The highest BCUT2D eigenvalue weighted by Crippen LogP contribution is 2.37. The largest absolute Gasteiger partial charge is 0.493 e. The van der Waals surface area contributed by atoms with Crippen molar-refractivity contribution < 1.29 is 14.2 Å². The zero-order chi connectivity index (χ0) is 21.3. The van der Waals surface area contributed by atoms with Gasteiger partial charge < -0.3 is 14.2 Å². The van der Waals surface area contributed by atoms with E-state index < -0.39 is 0 Å². The van der Waals surface area contributed by atoms with Crippen molar-refractivity contribution in [3.05, 3.63) is 69.7 Å². The van der Waals surface area contributed by atoms with Crippen molar-refractivity contribution in [3.63, 3.8) is 0 Å². The van der Waals surface area contributed by atoms with Crippen LogP contribution in [0.1, 0.15) is 6.42 Å². The van der Waals surface area contributed by atoms with Gasteiger partial charge in [-0.2, -0.15) is 5.10 Å². The van der Waals surface area contributed by atoms with Gasteiger partial charge in [0.25, 0.3) is 0 Å². The molecule has 0 bridgehead atoms. The van der Waals surface area contributed by atoms with Gasteiger partial charge in [0.2, 0.25) is 0 Å². The molecule has 6 nitrogen and oxygen atoms in total. The van der Waals surface area contributed by atoms with Crippen LogP contribution < -0.4 is 14.2 Å². The van der Waals surface area contributed by atoms with Gasteiger partial charge in [-0.1, -0.05) is 46.4 Å². The van der Waals surface area contributed by atoms with Crippen LogP contribution in [0, 0.1) is 0 Å². The maximum atomic E-state index is 6.24. The summed E-state index contributed by atoms with van der Waals surface area (Å²) < 4.78 is 18.7. The minimum Gasteiger partial charge on any atom is -0.493 e. The van der Waals surface area contributed by atoms with Crippen molar-refractivity contribution in [1.29, 1.82) is 0 Å². The average Bonchev–Trinajstić information content (AvgIpc) is 3.24. The molecule has 158 valence electrons. The molecular weight excluding hydrogens is 472 g/mol. The van der Waals surface area contributed by atoms with Crippen LogP contribution in [0.25, 0.3) is 5.69 Å². The number of hydrogen-bond acceptors (Lipinski definition) is 5. The second kappa shape index (κ2) is 11.3. The number of rotatable bonds is 10. The average molecular weight is 489 g/mol. The Labute approximate surface area is 193 Å². The van der Waals surface area contributed by atoms with E-state index in [9.17, 15) is 0 Å². The highest BCUT2D eigenvalue weighted by atomic mass is 35.5. The predicted octanol–water partition coefficient (Wildman–Crippen LogP) is 6.12. The summed E-state index contributed by atoms with van der Waals surface area (Å²) in [5.41, 5.74) is 0.904. The monoisotopic (exact) mass is 487 g/mol. The van der Waals surface area contributed by atoms with E-state index in [1.165, 1.54) is 12.4 Å². The third kappa shape index (κ3) is 6.71. The smallest absolute Gasteiger partial charge is 0.156 e. The molecule has 0 aliphatic heterocycles. The van der Waals surface area contributed by atoms with Crippen molar-refractivity contribution in [2.75, 3.05) is 19.8 Å². The van der Waals surface area contributed by atoms with Crippen LogP contribution in [0.5, 0.6) is 17.2 Å². The van der Waals surface area contributed by atoms with Crippen LogP contribution in [0.2, 0.25) is 10.0 Å². The number of ether oxygens (including phenoxy) is 3. The molecule has 0 saturated carbocycles. The first kappa shape index (κ1) is 22.6. The lowest BCUT2D eigenvalue weighted by atomic mass is 10.3. The molecule has 0 amide bonds. The van der Waals surface area contributed by atoms with Crippen LogP contribution in [0.3, 0.4) is 0 Å². The summed E-state index contributed by atoms with van der Waals surface area (Å²) in [6, 6.07) is 10.8. The predicted molar refractivity (Wildman–Crippen MR) is 119 cm³/mol. The molecule has 0 fully saturated rings. The molecule has 0 atom stereocenters. The lowest BCUT2D eigenvalue weighted by Gasteiger charge is -2.12. The van der Waals surface area contributed by atoms with E-state index in [4.69, 9.17) is 60.6 Å². The Balaban J connectivity index is 1.43. The molecular formula is C20H17Cl4N3O3. The molecule has 30 heavy (non-hydrogen) atoms. The third-order valence-electron chi connectivity index (χ3n) is 3.78. The first-order valence-corrected chi connectivity index (χ1v) is 10.4. The third-order valence-corrected chi connectivity index (χ3v) is 4.65. The highest BCUT2D eigenvalue weighted by Gasteiger charge is 2.10. The molecule has 0 aliphatic carbocycles. The van der Waals surface area contributed by atoms with Gasteiger partial charge >= 0.3 is 0 Å². The van der Waals surface area contributed by atoms with E-state index in [2.05, 4.69) is 10.1 Å². The van der Waals surface area contributed by atoms with Crippen LogP contribution in [0.15, 0.2) is 59.6 Å². The van der Waals surface area contributed by atoms with E-state index in [1.54, 1.807) is 23.1 Å². The lowest BCUT2D eigenvalue weighted by Crippen LogP contribution is -2.06. The second-order valence-corrected chi connectivity index (χ2v) is 7.73. The fourth-order valence-corrected chi connectivity index (χ4v) is 3.12. The maximum Gasteiger partial charge on any atom is 0.156 e. The molecule has 2 aromatic carbocycles. The number of benzene rings is 2. The summed E-state index contributed by atoms with van der Waals surface area (Å²) in [5.74, 6) is 1.64. The standard InChI is InChI=1S/C20H17Cl4N3O3/c21-17-10-16(29-9-6-19(23)24)11-18(22)20(17)30-8-1-7-28-15-4-2-14(3-5-15)27-13-25-12-26-27/h2-6,10-13H,1,7-9H2. The summed E-state index contributed by atoms with van der Waals surface area (Å²) in [4.78, 5) is 3.92. The highest BCUT2D eigenvalue weighted by molar-refractivity contribution is 6.55. The Bertz CT molecular complexity index is 952. The van der Waals surface area contributed by atoms with Gasteiger partial charge in [-0.15, -0.1) is 0 Å². The lowest BCUT2D eigenvalue weighted by molar-refractivity contribution is 0.247. The minimum absolute atomic E-state index is 0.125. The van der Waals surface area contributed by atoms with E-state index >= 15 is 0 Å². The van der Waals surface area contributed by atoms with Crippen LogP contribution >= 0.6 is 46.4 Å². The van der Waals surface area contributed by atoms with Crippen LogP contribution in [0.4, 0.5) is 0 Å². The summed E-state index contributed by atoms with van der Waals surface area (Å²) in [7, 11) is 0. The van der Waals surface area contributed by atoms with Gasteiger partial charge in [0.15, 0.2) is 5.75 Å². The van der Waals surface area contributed by atoms with Gasteiger partial charge in [0, 0.05) is 18.6 Å². The van der Waals surface area contributed by atoms with E-state index in [1.807, 2.05) is 24.3 Å². The van der Waals surface area contributed by atoms with Crippen molar-refractivity contribution in [2.24, 2.45) is 0 Å². The first-order chi connectivity index (χ1) is 14.5.